The maximum atomic E-state index is 13.5. The molecule has 9 heteroatoms. The van der Waals surface area contributed by atoms with E-state index in [1.54, 1.807) is 12.1 Å². The Morgan fingerprint density at radius 1 is 0.946 bits per heavy atom. The maximum absolute atomic E-state index is 13.5. The second-order valence-corrected chi connectivity index (χ2v) is 10.8. The predicted octanol–water partition coefficient (Wildman–Crippen LogP) is 4.33. The number of sulfonamides is 1. The van der Waals surface area contributed by atoms with Gasteiger partial charge in [0.25, 0.3) is 10.0 Å². The van der Waals surface area contributed by atoms with Crippen LogP contribution in [0.5, 0.6) is 5.75 Å². The van der Waals surface area contributed by atoms with Gasteiger partial charge in [0.15, 0.2) is 0 Å². The minimum atomic E-state index is -4.10. The molecule has 0 aromatic heterocycles. The summed E-state index contributed by atoms with van der Waals surface area (Å²) in [5, 5.41) is 2.80. The number of amides is 1. The van der Waals surface area contributed by atoms with E-state index in [1.165, 1.54) is 42.7 Å². The van der Waals surface area contributed by atoms with E-state index in [9.17, 15) is 17.6 Å². The molecule has 4 rings (SSSR count). The summed E-state index contributed by atoms with van der Waals surface area (Å²) in [6.07, 6.45) is 2.49. The molecule has 1 heterocycles. The van der Waals surface area contributed by atoms with Crippen molar-refractivity contribution in [2.75, 3.05) is 30.5 Å². The van der Waals surface area contributed by atoms with E-state index in [0.717, 1.165) is 41.6 Å². The first-order chi connectivity index (χ1) is 17.8. The fourth-order valence-electron chi connectivity index (χ4n) is 4.27. The van der Waals surface area contributed by atoms with Crippen LogP contribution in [0.4, 0.5) is 10.1 Å². The van der Waals surface area contributed by atoms with E-state index in [2.05, 4.69) is 22.3 Å². The number of hydrogen-bond donors (Lipinski definition) is 1. The Balaban J connectivity index is 1.44. The van der Waals surface area contributed by atoms with E-state index in [0.29, 0.717) is 12.4 Å². The molecule has 1 N–H and O–H groups in total. The van der Waals surface area contributed by atoms with Crippen LogP contribution in [-0.4, -0.2) is 45.5 Å². The molecule has 0 saturated carbocycles. The van der Waals surface area contributed by atoms with Crippen molar-refractivity contribution in [1.82, 2.24) is 10.2 Å². The SMILES string of the molecule is CCOc1ccc(S(=O)(=O)N(CC(=O)NCc2ccc(CN3CCCC3)cc2)c2ccc(F)cc2)cc1. The number of benzene rings is 3. The van der Waals surface area contributed by atoms with E-state index in [4.69, 9.17) is 4.74 Å². The third-order valence-electron chi connectivity index (χ3n) is 6.24. The molecule has 1 amide bonds. The summed E-state index contributed by atoms with van der Waals surface area (Å²) < 4.78 is 46.9. The van der Waals surface area contributed by atoms with Gasteiger partial charge in [-0.25, -0.2) is 12.8 Å². The van der Waals surface area contributed by atoms with Gasteiger partial charge in [0.05, 0.1) is 17.2 Å². The van der Waals surface area contributed by atoms with Crippen LogP contribution in [0, 0.1) is 5.82 Å². The highest BCUT2D eigenvalue weighted by molar-refractivity contribution is 7.92. The van der Waals surface area contributed by atoms with Gasteiger partial charge in [-0.05, 0) is 92.5 Å². The highest BCUT2D eigenvalue weighted by Gasteiger charge is 2.27. The van der Waals surface area contributed by atoms with Crippen LogP contribution in [0.2, 0.25) is 0 Å². The number of halogens is 1. The lowest BCUT2D eigenvalue weighted by atomic mass is 10.1. The van der Waals surface area contributed by atoms with Crippen LogP contribution in [-0.2, 0) is 27.9 Å². The number of hydrogen-bond acceptors (Lipinski definition) is 5. The summed E-state index contributed by atoms with van der Waals surface area (Å²) in [6, 6.07) is 19.1. The van der Waals surface area contributed by atoms with Crippen molar-refractivity contribution >= 4 is 21.6 Å². The molecule has 0 radical (unpaired) electrons. The molecule has 1 aliphatic rings. The van der Waals surface area contributed by atoms with Crippen LogP contribution in [0.15, 0.2) is 77.7 Å². The van der Waals surface area contributed by atoms with Crippen molar-refractivity contribution in [3.8, 4) is 5.75 Å². The van der Waals surface area contributed by atoms with Crippen molar-refractivity contribution in [1.29, 1.82) is 0 Å². The number of anilines is 1. The summed E-state index contributed by atoms with van der Waals surface area (Å²) in [5.41, 5.74) is 2.33. The minimum absolute atomic E-state index is 0.00155. The summed E-state index contributed by atoms with van der Waals surface area (Å²) in [5.74, 6) is -0.432. The molecule has 1 saturated heterocycles. The molecule has 196 valence electrons. The highest BCUT2D eigenvalue weighted by Crippen LogP contribution is 2.25. The van der Waals surface area contributed by atoms with Gasteiger partial charge in [-0.1, -0.05) is 24.3 Å². The lowest BCUT2D eigenvalue weighted by Gasteiger charge is -2.24. The van der Waals surface area contributed by atoms with Gasteiger partial charge in [-0.3, -0.25) is 14.0 Å². The second kappa shape index (κ2) is 12.2. The molecule has 0 unspecified atom stereocenters. The summed E-state index contributed by atoms with van der Waals surface area (Å²) in [6.45, 7) is 5.28. The summed E-state index contributed by atoms with van der Waals surface area (Å²) >= 11 is 0. The maximum Gasteiger partial charge on any atom is 0.264 e. The molecule has 1 fully saturated rings. The zero-order valence-corrected chi connectivity index (χ0v) is 21.7. The van der Waals surface area contributed by atoms with E-state index >= 15 is 0 Å². The van der Waals surface area contributed by atoms with Gasteiger partial charge in [-0.2, -0.15) is 0 Å². The molecule has 7 nitrogen and oxygen atoms in total. The number of likely N-dealkylation sites (tertiary alicyclic amines) is 1. The Bertz CT molecular complexity index is 1270. The van der Waals surface area contributed by atoms with Crippen LogP contribution in [0.1, 0.15) is 30.9 Å². The highest BCUT2D eigenvalue weighted by atomic mass is 32.2. The third kappa shape index (κ3) is 7.08. The van der Waals surface area contributed by atoms with Crippen molar-refractivity contribution in [2.24, 2.45) is 0 Å². The van der Waals surface area contributed by atoms with Crippen LogP contribution >= 0.6 is 0 Å². The van der Waals surface area contributed by atoms with E-state index < -0.39 is 28.3 Å². The predicted molar refractivity (Wildman–Crippen MR) is 141 cm³/mol. The van der Waals surface area contributed by atoms with E-state index in [1.807, 2.05) is 19.1 Å². The fraction of sp³-hybridized carbons (Fsp3) is 0.321. The van der Waals surface area contributed by atoms with Gasteiger partial charge in [0, 0.05) is 13.1 Å². The van der Waals surface area contributed by atoms with Gasteiger partial charge in [-0.15, -0.1) is 0 Å². The van der Waals surface area contributed by atoms with Crippen LogP contribution < -0.4 is 14.4 Å². The lowest BCUT2D eigenvalue weighted by Crippen LogP contribution is -2.40. The minimum Gasteiger partial charge on any atom is -0.494 e. The lowest BCUT2D eigenvalue weighted by molar-refractivity contribution is -0.119. The van der Waals surface area contributed by atoms with Crippen molar-refractivity contribution in [3.05, 3.63) is 89.7 Å². The Morgan fingerprint density at radius 2 is 1.57 bits per heavy atom. The number of rotatable bonds is 11. The fourth-order valence-corrected chi connectivity index (χ4v) is 5.69. The molecular weight excluding hydrogens is 493 g/mol. The quantitative estimate of drug-likeness (QED) is 0.403. The normalized spacial score (nSPS) is 13.9. The molecule has 0 atom stereocenters. The molecule has 3 aromatic carbocycles. The summed E-state index contributed by atoms with van der Waals surface area (Å²) in [4.78, 5) is 15.3. The molecular formula is C28H32FN3O4S. The van der Waals surface area contributed by atoms with Crippen molar-refractivity contribution in [3.63, 3.8) is 0 Å². The summed E-state index contributed by atoms with van der Waals surface area (Å²) in [7, 11) is -4.10. The van der Waals surface area contributed by atoms with Crippen LogP contribution in [0.3, 0.4) is 0 Å². The first-order valence-electron chi connectivity index (χ1n) is 12.4. The Kier molecular flexibility index (Phi) is 8.78. The second-order valence-electron chi connectivity index (χ2n) is 8.97. The molecule has 0 bridgehead atoms. The first-order valence-corrected chi connectivity index (χ1v) is 13.9. The zero-order chi connectivity index (χ0) is 26.3. The molecule has 1 aliphatic heterocycles. The standard InChI is InChI=1S/C28H32FN3O4S/c1-2-36-26-13-15-27(16-14-26)37(34,35)32(25-11-9-24(29)10-12-25)21-28(33)30-19-22-5-7-23(8-6-22)20-31-17-3-4-18-31/h5-16H,2-4,17-21H2,1H3,(H,30,33). The van der Waals surface area contributed by atoms with Crippen molar-refractivity contribution < 1.29 is 22.3 Å². The number of nitrogens with one attached hydrogen (secondary N) is 1. The van der Waals surface area contributed by atoms with Gasteiger partial charge in [0.2, 0.25) is 5.91 Å². The van der Waals surface area contributed by atoms with Crippen molar-refractivity contribution in [2.45, 2.75) is 37.8 Å². The first kappa shape index (κ1) is 26.6. The smallest absolute Gasteiger partial charge is 0.264 e. The number of ether oxygens (including phenoxy) is 1. The van der Waals surface area contributed by atoms with Gasteiger partial charge < -0.3 is 10.1 Å². The topological polar surface area (TPSA) is 79.0 Å². The number of nitrogens with zero attached hydrogens (tertiary/aromatic N) is 2. The number of carbonyl (C=O) groups is 1. The van der Waals surface area contributed by atoms with Crippen LogP contribution in [0.25, 0.3) is 0 Å². The largest absolute Gasteiger partial charge is 0.494 e. The molecule has 3 aromatic rings. The van der Waals surface area contributed by atoms with Gasteiger partial charge in [0.1, 0.15) is 18.1 Å². The number of carbonyl (C=O) groups excluding carboxylic acids is 1. The Hall–Kier alpha value is -3.43. The molecule has 0 spiro atoms. The zero-order valence-electron chi connectivity index (χ0n) is 20.9. The average molecular weight is 526 g/mol. The molecule has 37 heavy (non-hydrogen) atoms. The average Bonchev–Trinajstić information content (AvgIpc) is 3.41. The van der Waals surface area contributed by atoms with E-state index in [-0.39, 0.29) is 17.1 Å². The Morgan fingerprint density at radius 3 is 2.19 bits per heavy atom. The molecule has 0 aliphatic carbocycles. The Labute approximate surface area is 217 Å². The third-order valence-corrected chi connectivity index (χ3v) is 8.03. The van der Waals surface area contributed by atoms with Gasteiger partial charge >= 0.3 is 0 Å². The monoisotopic (exact) mass is 525 g/mol.